The van der Waals surface area contributed by atoms with Gasteiger partial charge in [0.2, 0.25) is 0 Å². The fourth-order valence-electron chi connectivity index (χ4n) is 1.97. The maximum atomic E-state index is 5.31. The standard InChI is InChI=1S/C10H20N2O2/c1(3-12-6-9-14-10-12)2-11-4-7-13-8-5-11/h1-10H2. The summed E-state index contributed by atoms with van der Waals surface area (Å²) in [5.41, 5.74) is 0. The van der Waals surface area contributed by atoms with Gasteiger partial charge in [0.1, 0.15) is 0 Å². The molecule has 0 N–H and O–H groups in total. The van der Waals surface area contributed by atoms with E-state index in [9.17, 15) is 0 Å². The molecule has 2 rings (SSSR count). The van der Waals surface area contributed by atoms with Gasteiger partial charge in [-0.05, 0) is 13.0 Å². The second-order valence-electron chi connectivity index (χ2n) is 3.96. The van der Waals surface area contributed by atoms with E-state index >= 15 is 0 Å². The molecule has 14 heavy (non-hydrogen) atoms. The van der Waals surface area contributed by atoms with Gasteiger partial charge in [0.15, 0.2) is 0 Å². The molecule has 2 heterocycles. The molecule has 4 heteroatoms. The highest BCUT2D eigenvalue weighted by Gasteiger charge is 2.13. The quantitative estimate of drug-likeness (QED) is 0.637. The molecule has 0 aliphatic carbocycles. The Morgan fingerprint density at radius 2 is 1.43 bits per heavy atom. The van der Waals surface area contributed by atoms with Crippen molar-refractivity contribution in [2.75, 3.05) is 59.3 Å². The maximum Gasteiger partial charge on any atom is 0.0991 e. The normalized spacial score (nSPS) is 25.7. The SMILES string of the molecule is C(CN1CCOCC1)CN1CCOC1. The third kappa shape index (κ3) is 3.20. The van der Waals surface area contributed by atoms with Crippen molar-refractivity contribution >= 4 is 0 Å². The van der Waals surface area contributed by atoms with Crippen LogP contribution in [0.4, 0.5) is 0 Å². The molecular formula is C10H20N2O2. The van der Waals surface area contributed by atoms with Crippen LogP contribution in [-0.2, 0) is 9.47 Å². The Balaban J connectivity index is 1.52. The molecule has 4 nitrogen and oxygen atoms in total. The predicted octanol–water partition coefficient (Wildman–Crippen LogP) is -0.00160. The molecule has 0 saturated carbocycles. The van der Waals surface area contributed by atoms with Gasteiger partial charge in [0.25, 0.3) is 0 Å². The Labute approximate surface area is 85.8 Å². The van der Waals surface area contributed by atoms with Crippen LogP contribution in [0.5, 0.6) is 0 Å². The molecule has 0 aromatic rings. The van der Waals surface area contributed by atoms with Crippen molar-refractivity contribution in [3.63, 3.8) is 0 Å². The second kappa shape index (κ2) is 5.66. The summed E-state index contributed by atoms with van der Waals surface area (Å²) >= 11 is 0. The zero-order chi connectivity index (χ0) is 9.64. The van der Waals surface area contributed by atoms with E-state index in [0.29, 0.717) is 0 Å². The van der Waals surface area contributed by atoms with E-state index in [2.05, 4.69) is 9.80 Å². The van der Waals surface area contributed by atoms with E-state index in [1.165, 1.54) is 19.5 Å². The van der Waals surface area contributed by atoms with Crippen LogP contribution >= 0.6 is 0 Å². The molecule has 0 aromatic carbocycles. The molecule has 82 valence electrons. The molecule has 0 unspecified atom stereocenters. The fourth-order valence-corrected chi connectivity index (χ4v) is 1.97. The summed E-state index contributed by atoms with van der Waals surface area (Å²) in [6, 6.07) is 0. The monoisotopic (exact) mass is 200 g/mol. The van der Waals surface area contributed by atoms with Crippen molar-refractivity contribution in [3.05, 3.63) is 0 Å². The smallest absolute Gasteiger partial charge is 0.0991 e. The van der Waals surface area contributed by atoms with Crippen LogP contribution in [0.15, 0.2) is 0 Å². The van der Waals surface area contributed by atoms with Crippen molar-refractivity contribution in [1.29, 1.82) is 0 Å². The Bertz CT molecular complexity index is 154. The van der Waals surface area contributed by atoms with E-state index in [-0.39, 0.29) is 0 Å². The molecule has 0 radical (unpaired) electrons. The van der Waals surface area contributed by atoms with Gasteiger partial charge in [-0.1, -0.05) is 0 Å². The van der Waals surface area contributed by atoms with Crippen LogP contribution in [0.25, 0.3) is 0 Å². The van der Waals surface area contributed by atoms with Crippen molar-refractivity contribution < 1.29 is 9.47 Å². The number of ether oxygens (including phenoxy) is 2. The molecule has 2 fully saturated rings. The van der Waals surface area contributed by atoms with Crippen LogP contribution in [0.3, 0.4) is 0 Å². The molecule has 0 atom stereocenters. The van der Waals surface area contributed by atoms with Crippen molar-refractivity contribution in [3.8, 4) is 0 Å². The maximum absolute atomic E-state index is 5.31. The number of hydrogen-bond donors (Lipinski definition) is 0. The van der Waals surface area contributed by atoms with Crippen LogP contribution in [0.1, 0.15) is 6.42 Å². The zero-order valence-electron chi connectivity index (χ0n) is 8.78. The summed E-state index contributed by atoms with van der Waals surface area (Å²) in [5.74, 6) is 0. The minimum Gasteiger partial charge on any atom is -0.379 e. The summed E-state index contributed by atoms with van der Waals surface area (Å²) in [6.45, 7) is 9.29. The van der Waals surface area contributed by atoms with Gasteiger partial charge in [0.05, 0.1) is 26.6 Å². The number of nitrogens with zero attached hydrogens (tertiary/aromatic N) is 2. The third-order valence-corrected chi connectivity index (χ3v) is 2.88. The highest BCUT2D eigenvalue weighted by molar-refractivity contribution is 4.64. The molecule has 2 saturated heterocycles. The fraction of sp³-hybridized carbons (Fsp3) is 1.00. The van der Waals surface area contributed by atoms with E-state index < -0.39 is 0 Å². The van der Waals surface area contributed by atoms with E-state index in [1.54, 1.807) is 0 Å². The molecule has 0 amide bonds. The zero-order valence-corrected chi connectivity index (χ0v) is 8.78. The minimum atomic E-state index is 0.836. The van der Waals surface area contributed by atoms with Gasteiger partial charge < -0.3 is 9.47 Å². The summed E-state index contributed by atoms with van der Waals surface area (Å²) in [6.07, 6.45) is 1.25. The molecule has 0 bridgehead atoms. The van der Waals surface area contributed by atoms with E-state index in [4.69, 9.17) is 9.47 Å². The summed E-state index contributed by atoms with van der Waals surface area (Å²) < 4.78 is 10.6. The van der Waals surface area contributed by atoms with Crippen molar-refractivity contribution in [2.24, 2.45) is 0 Å². The average molecular weight is 200 g/mol. The van der Waals surface area contributed by atoms with E-state index in [0.717, 1.165) is 46.2 Å². The van der Waals surface area contributed by atoms with Gasteiger partial charge in [-0.3, -0.25) is 9.80 Å². The van der Waals surface area contributed by atoms with Crippen molar-refractivity contribution in [1.82, 2.24) is 9.80 Å². The van der Waals surface area contributed by atoms with Gasteiger partial charge in [-0.25, -0.2) is 0 Å². The Morgan fingerprint density at radius 3 is 2.14 bits per heavy atom. The first-order valence-electron chi connectivity index (χ1n) is 5.55. The van der Waals surface area contributed by atoms with Crippen LogP contribution < -0.4 is 0 Å². The molecule has 2 aliphatic rings. The highest BCUT2D eigenvalue weighted by Crippen LogP contribution is 2.02. The van der Waals surface area contributed by atoms with Gasteiger partial charge >= 0.3 is 0 Å². The first kappa shape index (κ1) is 10.4. The predicted molar refractivity (Wildman–Crippen MR) is 54.3 cm³/mol. The first-order chi connectivity index (χ1) is 6.95. The molecule has 2 aliphatic heterocycles. The lowest BCUT2D eigenvalue weighted by atomic mass is 10.3. The average Bonchev–Trinajstić information content (AvgIpc) is 2.72. The van der Waals surface area contributed by atoms with E-state index in [1.807, 2.05) is 0 Å². The number of hydrogen-bond acceptors (Lipinski definition) is 4. The lowest BCUT2D eigenvalue weighted by Gasteiger charge is -2.27. The summed E-state index contributed by atoms with van der Waals surface area (Å²) in [5, 5.41) is 0. The number of rotatable bonds is 4. The second-order valence-corrected chi connectivity index (χ2v) is 3.96. The van der Waals surface area contributed by atoms with Crippen LogP contribution in [-0.4, -0.2) is 69.1 Å². The number of morpholine rings is 1. The summed E-state index contributed by atoms with van der Waals surface area (Å²) in [4.78, 5) is 4.86. The highest BCUT2D eigenvalue weighted by atomic mass is 16.5. The largest absolute Gasteiger partial charge is 0.379 e. The van der Waals surface area contributed by atoms with Gasteiger partial charge in [0, 0.05) is 26.2 Å². The summed E-state index contributed by atoms with van der Waals surface area (Å²) in [7, 11) is 0. The first-order valence-corrected chi connectivity index (χ1v) is 5.55. The topological polar surface area (TPSA) is 24.9 Å². The Morgan fingerprint density at radius 1 is 0.786 bits per heavy atom. The third-order valence-electron chi connectivity index (χ3n) is 2.88. The molecule has 0 spiro atoms. The lowest BCUT2D eigenvalue weighted by molar-refractivity contribution is 0.0357. The van der Waals surface area contributed by atoms with Crippen molar-refractivity contribution in [2.45, 2.75) is 6.42 Å². The molecule has 0 aromatic heterocycles. The lowest BCUT2D eigenvalue weighted by Crippen LogP contribution is -2.38. The molecular weight excluding hydrogens is 180 g/mol. The Kier molecular flexibility index (Phi) is 4.19. The van der Waals surface area contributed by atoms with Gasteiger partial charge in [-0.2, -0.15) is 0 Å². The van der Waals surface area contributed by atoms with Crippen LogP contribution in [0.2, 0.25) is 0 Å². The van der Waals surface area contributed by atoms with Gasteiger partial charge in [-0.15, -0.1) is 0 Å². The minimum absolute atomic E-state index is 0.836. The van der Waals surface area contributed by atoms with Crippen LogP contribution in [0, 0.1) is 0 Å². The Hall–Kier alpha value is -0.160.